The fourth-order valence-corrected chi connectivity index (χ4v) is 20.5. The standard InChI is InChI=1S/C51H33N3.2C45H29N3/c1-4-10-34(11-5-1)38-19-21-43-30-45(26-23-41(43)28-38)49-52-50(46-27-24-42-29-39(20-22-44(42)31-46)35-12-6-2-7-13-35)54-51(53-49)47-25-17-37-16-18-40(32-48(37)33-47)36-14-8-3-9-15-36;1-3-11-30(12-4-1)34-20-21-36-27-39(24-22-35(36)25-34)44-46-43(38-23-19-31-13-7-8-16-33(31)26-38)47-45(48-44)40-28-37-17-9-10-18-41(37)42(29-40)32-14-5-2-6-15-32;1-3-11-30(12-4-1)36-20-21-38-27-40(24-22-37(38)25-36)44-46-43(39-23-19-31-13-7-8-16-33(31)26-39)47-45(48-44)42-29-35-18-10-9-17-34(35)28-41(42)32-14-5-2-6-15-32/h1-33H;2*1-29H. The SMILES string of the molecule is c1ccc(-c2ccc3cc(-c4nc(-c5ccc6cc(-c7ccccc7)ccc6c5)nc(-c5ccc6ccc(-c7ccccc7)cc6c5)n4)ccc3c2)cc1.c1ccc(-c2ccc3cc(-c4nc(-c5ccc6ccccc6c5)nc(-c5cc(-c6ccccc6)c6ccccc6c5)n4)ccc3c2)cc1.c1ccc(-c2ccc3cc(-c4nc(-c5ccc6ccccc6c5)nc(-c5cc6ccccc6cc5-c5ccccc5)n4)ccc3c2)cc1. The quantitative estimate of drug-likeness (QED) is 0.0932. The largest absolute Gasteiger partial charge is 0.208 e. The lowest BCUT2D eigenvalue weighted by molar-refractivity contribution is 1.08. The number of benzene rings is 25. The molecule has 0 spiro atoms. The highest BCUT2D eigenvalue weighted by Gasteiger charge is 2.23. The Balaban J connectivity index is 0.000000114. The summed E-state index contributed by atoms with van der Waals surface area (Å²) in [4.78, 5) is 46.3. The van der Waals surface area contributed by atoms with Gasteiger partial charge in [0.05, 0.1) is 0 Å². The van der Waals surface area contributed by atoms with Gasteiger partial charge in [-0.1, -0.05) is 455 Å². The van der Waals surface area contributed by atoms with Crippen LogP contribution in [-0.4, -0.2) is 44.9 Å². The number of hydrogen-bond donors (Lipinski definition) is 0. The van der Waals surface area contributed by atoms with Crippen LogP contribution in [0.3, 0.4) is 0 Å². The van der Waals surface area contributed by atoms with E-state index in [1.54, 1.807) is 0 Å². The molecule has 0 aliphatic heterocycles. The number of fused-ring (bicyclic) bond motifs is 9. The maximum Gasteiger partial charge on any atom is 0.164 e. The summed E-state index contributed by atoms with van der Waals surface area (Å²) in [5.41, 5.74) is 25.0. The van der Waals surface area contributed by atoms with E-state index in [9.17, 15) is 0 Å². The summed E-state index contributed by atoms with van der Waals surface area (Å²) in [7, 11) is 0. The minimum atomic E-state index is 0.640. The van der Waals surface area contributed by atoms with Gasteiger partial charge in [-0.25, -0.2) is 44.9 Å². The fraction of sp³-hybridized carbons (Fsp3) is 0. The Kier molecular flexibility index (Phi) is 23.9. The Morgan fingerprint density at radius 3 is 0.547 bits per heavy atom. The van der Waals surface area contributed by atoms with Gasteiger partial charge in [0.25, 0.3) is 0 Å². The molecular weight excluding hydrogens is 1820 g/mol. The average Bonchev–Trinajstić information content (AvgIpc) is 0.768. The van der Waals surface area contributed by atoms with Crippen molar-refractivity contribution in [3.63, 3.8) is 0 Å². The summed E-state index contributed by atoms with van der Waals surface area (Å²) < 4.78 is 0. The molecule has 0 saturated heterocycles. The van der Waals surface area contributed by atoms with Gasteiger partial charge in [-0.2, -0.15) is 0 Å². The molecule has 0 aliphatic carbocycles. The van der Waals surface area contributed by atoms with Crippen LogP contribution < -0.4 is 0 Å². The first-order chi connectivity index (χ1) is 74.2. The summed E-state index contributed by atoms with van der Waals surface area (Å²) in [6, 6.07) is 194. The van der Waals surface area contributed by atoms with Crippen molar-refractivity contribution in [1.82, 2.24) is 44.9 Å². The fourth-order valence-electron chi connectivity index (χ4n) is 20.5. The van der Waals surface area contributed by atoms with E-state index in [-0.39, 0.29) is 0 Å². The second-order valence-corrected chi connectivity index (χ2v) is 38.0. The summed E-state index contributed by atoms with van der Waals surface area (Å²) in [6.45, 7) is 0. The molecule has 0 radical (unpaired) electrons. The van der Waals surface area contributed by atoms with E-state index in [0.29, 0.717) is 52.4 Å². The molecule has 0 amide bonds. The van der Waals surface area contributed by atoms with E-state index in [0.717, 1.165) is 121 Å². The van der Waals surface area contributed by atoms with Crippen LogP contribution in [0.4, 0.5) is 0 Å². The lowest BCUT2D eigenvalue weighted by atomic mass is 9.95. The zero-order valence-corrected chi connectivity index (χ0v) is 81.6. The van der Waals surface area contributed by atoms with Crippen molar-refractivity contribution < 1.29 is 0 Å². The summed E-state index contributed by atoms with van der Waals surface area (Å²) in [5.74, 6) is 5.79. The van der Waals surface area contributed by atoms with Crippen molar-refractivity contribution in [2.24, 2.45) is 0 Å². The Bertz CT molecular complexity index is 9870. The van der Waals surface area contributed by atoms with Crippen LogP contribution in [0, 0.1) is 0 Å². The number of aromatic nitrogens is 9. The van der Waals surface area contributed by atoms with Crippen LogP contribution in [0.2, 0.25) is 0 Å². The van der Waals surface area contributed by atoms with Crippen LogP contribution in [0.15, 0.2) is 552 Å². The molecule has 0 aliphatic rings. The Morgan fingerprint density at radius 1 is 0.0800 bits per heavy atom. The highest BCUT2D eigenvalue weighted by Crippen LogP contribution is 2.43. The molecule has 150 heavy (non-hydrogen) atoms. The molecule has 9 heteroatoms. The van der Waals surface area contributed by atoms with Gasteiger partial charge in [-0.05, 0) is 272 Å². The molecule has 0 fully saturated rings. The van der Waals surface area contributed by atoms with E-state index in [1.807, 2.05) is 36.4 Å². The van der Waals surface area contributed by atoms with Crippen molar-refractivity contribution in [3.8, 4) is 180 Å². The summed E-state index contributed by atoms with van der Waals surface area (Å²) in [6.07, 6.45) is 0. The Morgan fingerprint density at radius 2 is 0.253 bits per heavy atom. The highest BCUT2D eigenvalue weighted by atomic mass is 15.1. The highest BCUT2D eigenvalue weighted by molar-refractivity contribution is 6.03. The molecule has 0 atom stereocenters. The van der Waals surface area contributed by atoms with Gasteiger partial charge < -0.3 is 0 Å². The van der Waals surface area contributed by atoms with Gasteiger partial charge in [0.2, 0.25) is 0 Å². The minimum Gasteiger partial charge on any atom is -0.208 e. The van der Waals surface area contributed by atoms with Crippen LogP contribution in [0.5, 0.6) is 0 Å². The molecule has 28 aromatic rings. The topological polar surface area (TPSA) is 116 Å². The van der Waals surface area contributed by atoms with Crippen LogP contribution in [-0.2, 0) is 0 Å². The normalized spacial score (nSPS) is 11.3. The third-order valence-corrected chi connectivity index (χ3v) is 28.4. The summed E-state index contributed by atoms with van der Waals surface area (Å²) >= 11 is 0. The molecule has 25 aromatic carbocycles. The first-order valence-corrected chi connectivity index (χ1v) is 50.6. The van der Waals surface area contributed by atoms with Crippen LogP contribution in [0.1, 0.15) is 0 Å². The average molecular weight is 1910 g/mol. The van der Waals surface area contributed by atoms with Gasteiger partial charge in [-0.3, -0.25) is 0 Å². The molecule has 0 unspecified atom stereocenters. The van der Waals surface area contributed by atoms with E-state index in [1.165, 1.54) is 104 Å². The maximum atomic E-state index is 5.20. The van der Waals surface area contributed by atoms with Gasteiger partial charge in [-0.15, -0.1) is 0 Å². The van der Waals surface area contributed by atoms with Gasteiger partial charge in [0, 0.05) is 50.1 Å². The molecule has 0 bridgehead atoms. The zero-order valence-electron chi connectivity index (χ0n) is 81.6. The lowest BCUT2D eigenvalue weighted by Gasteiger charge is -2.14. The van der Waals surface area contributed by atoms with Crippen molar-refractivity contribution >= 4 is 97.0 Å². The molecule has 3 aromatic heterocycles. The van der Waals surface area contributed by atoms with Gasteiger partial charge in [0.1, 0.15) is 0 Å². The molecule has 9 nitrogen and oxygen atoms in total. The first kappa shape index (κ1) is 89.9. The number of nitrogens with zero attached hydrogens (tertiary/aromatic N) is 9. The molecule has 0 saturated carbocycles. The molecule has 0 N–H and O–H groups in total. The van der Waals surface area contributed by atoms with Crippen molar-refractivity contribution in [1.29, 1.82) is 0 Å². The second kappa shape index (κ2) is 39.9. The van der Waals surface area contributed by atoms with E-state index in [4.69, 9.17) is 44.9 Å². The van der Waals surface area contributed by atoms with Crippen molar-refractivity contribution in [3.05, 3.63) is 552 Å². The van der Waals surface area contributed by atoms with E-state index in [2.05, 4.69) is 516 Å². The monoisotopic (exact) mass is 1910 g/mol. The number of hydrogen-bond acceptors (Lipinski definition) is 9. The zero-order chi connectivity index (χ0) is 99.6. The summed E-state index contributed by atoms with van der Waals surface area (Å²) in [5, 5.41) is 20.8. The number of rotatable bonds is 16. The molecule has 3 heterocycles. The smallest absolute Gasteiger partial charge is 0.164 e. The molecular formula is C141H91N9. The second-order valence-electron chi connectivity index (χ2n) is 38.0. The molecule has 700 valence electrons. The minimum absolute atomic E-state index is 0.640. The third kappa shape index (κ3) is 18.7. The predicted molar refractivity (Wildman–Crippen MR) is 624 cm³/mol. The van der Waals surface area contributed by atoms with Crippen molar-refractivity contribution in [2.75, 3.05) is 0 Å². The third-order valence-electron chi connectivity index (χ3n) is 28.4. The predicted octanol–water partition coefficient (Wildman–Crippen LogP) is 36.7. The van der Waals surface area contributed by atoms with Gasteiger partial charge >= 0.3 is 0 Å². The first-order valence-electron chi connectivity index (χ1n) is 50.6. The van der Waals surface area contributed by atoms with Crippen LogP contribution >= 0.6 is 0 Å². The maximum absolute atomic E-state index is 5.20. The molecule has 28 rings (SSSR count). The Labute approximate surface area is 868 Å². The van der Waals surface area contributed by atoms with Crippen LogP contribution in [0.25, 0.3) is 277 Å². The van der Waals surface area contributed by atoms with E-state index < -0.39 is 0 Å². The van der Waals surface area contributed by atoms with Gasteiger partial charge in [0.15, 0.2) is 52.4 Å². The van der Waals surface area contributed by atoms with E-state index >= 15 is 0 Å². The lowest BCUT2D eigenvalue weighted by Crippen LogP contribution is -2.01. The Hall–Kier alpha value is -20.1. The van der Waals surface area contributed by atoms with Crippen molar-refractivity contribution in [2.45, 2.75) is 0 Å².